The Hall–Kier alpha value is -1.19. The van der Waals surface area contributed by atoms with Gasteiger partial charge in [0.1, 0.15) is 5.54 Å². The van der Waals surface area contributed by atoms with E-state index in [9.17, 15) is 13.6 Å². The molecule has 0 saturated heterocycles. The van der Waals surface area contributed by atoms with Gasteiger partial charge in [0.25, 0.3) is 0 Å². The average molecular weight is 241 g/mol. The fourth-order valence-corrected chi connectivity index (χ4v) is 2.17. The minimum atomic E-state index is -0.900. The van der Waals surface area contributed by atoms with Crippen LogP contribution in [0.4, 0.5) is 8.78 Å². The van der Waals surface area contributed by atoms with Crippen molar-refractivity contribution in [1.29, 1.82) is 0 Å². The lowest BCUT2D eigenvalue weighted by Gasteiger charge is -2.11. The number of halogens is 2. The summed E-state index contributed by atoms with van der Waals surface area (Å²) in [5.74, 6) is -1.76. The molecule has 0 amide bonds. The molecule has 0 atom stereocenters. The Labute approximate surface area is 95.8 Å². The zero-order chi connectivity index (χ0) is 11.8. The van der Waals surface area contributed by atoms with E-state index < -0.39 is 17.2 Å². The summed E-state index contributed by atoms with van der Waals surface area (Å²) in [7, 11) is 0. The van der Waals surface area contributed by atoms with Crippen LogP contribution in [0.25, 0.3) is 0 Å². The van der Waals surface area contributed by atoms with E-state index in [1.165, 1.54) is 18.2 Å². The van der Waals surface area contributed by atoms with E-state index in [0.29, 0.717) is 12.8 Å². The third-order valence-electron chi connectivity index (χ3n) is 2.75. The van der Waals surface area contributed by atoms with Gasteiger partial charge in [-0.3, -0.25) is 0 Å². The molecule has 0 spiro atoms. The monoisotopic (exact) mass is 241 g/mol. The SMILES string of the molecule is CSc1ccc(C2(N=C=O)CC2)c(F)c1F. The van der Waals surface area contributed by atoms with Gasteiger partial charge in [-0.05, 0) is 25.2 Å². The van der Waals surface area contributed by atoms with Crippen molar-refractivity contribution in [2.24, 2.45) is 4.99 Å². The van der Waals surface area contributed by atoms with Gasteiger partial charge in [-0.2, -0.15) is 4.99 Å². The van der Waals surface area contributed by atoms with Crippen LogP contribution in [0.3, 0.4) is 0 Å². The van der Waals surface area contributed by atoms with Gasteiger partial charge in [-0.15, -0.1) is 11.8 Å². The number of rotatable bonds is 3. The summed E-state index contributed by atoms with van der Waals surface area (Å²) < 4.78 is 27.3. The van der Waals surface area contributed by atoms with Crippen molar-refractivity contribution in [1.82, 2.24) is 0 Å². The molecule has 16 heavy (non-hydrogen) atoms. The fraction of sp³-hybridized carbons (Fsp3) is 0.364. The number of benzene rings is 1. The largest absolute Gasteiger partial charge is 0.235 e. The lowest BCUT2D eigenvalue weighted by atomic mass is 10.0. The maximum Gasteiger partial charge on any atom is 0.235 e. The smallest absolute Gasteiger partial charge is 0.211 e. The molecule has 0 unspecified atom stereocenters. The first kappa shape index (κ1) is 11.3. The number of aliphatic imine (C=N–C) groups is 1. The van der Waals surface area contributed by atoms with E-state index in [1.54, 1.807) is 6.26 Å². The third kappa shape index (κ3) is 1.66. The van der Waals surface area contributed by atoms with E-state index >= 15 is 0 Å². The van der Waals surface area contributed by atoms with Crippen molar-refractivity contribution in [3.8, 4) is 0 Å². The van der Waals surface area contributed by atoms with Crippen molar-refractivity contribution in [2.75, 3.05) is 6.26 Å². The van der Waals surface area contributed by atoms with Crippen LogP contribution in [-0.2, 0) is 10.3 Å². The standard InChI is InChI=1S/C11H9F2NOS/c1-16-8-3-2-7(9(12)10(8)13)11(4-5-11)14-6-15/h2-3H,4-5H2,1H3. The van der Waals surface area contributed by atoms with Gasteiger partial charge in [0.2, 0.25) is 6.08 Å². The summed E-state index contributed by atoms with van der Waals surface area (Å²) in [6.45, 7) is 0. The molecule has 0 bridgehead atoms. The van der Waals surface area contributed by atoms with Crippen LogP contribution in [0.15, 0.2) is 22.0 Å². The van der Waals surface area contributed by atoms with Crippen molar-refractivity contribution in [3.63, 3.8) is 0 Å². The highest BCUT2D eigenvalue weighted by Gasteiger charge is 2.47. The van der Waals surface area contributed by atoms with Gasteiger partial charge in [0.05, 0.1) is 0 Å². The molecule has 0 aliphatic heterocycles. The van der Waals surface area contributed by atoms with Gasteiger partial charge >= 0.3 is 0 Å². The highest BCUT2D eigenvalue weighted by atomic mass is 32.2. The summed E-state index contributed by atoms with van der Waals surface area (Å²) in [5, 5.41) is 0. The second kappa shape index (κ2) is 4.00. The number of hydrogen-bond donors (Lipinski definition) is 0. The number of nitrogens with zero attached hydrogens (tertiary/aromatic N) is 1. The molecular weight excluding hydrogens is 232 g/mol. The molecule has 1 fully saturated rings. The van der Waals surface area contributed by atoms with Gasteiger partial charge < -0.3 is 0 Å². The van der Waals surface area contributed by atoms with E-state index in [0.717, 1.165) is 11.8 Å². The first-order chi connectivity index (χ1) is 7.64. The summed E-state index contributed by atoms with van der Waals surface area (Å²) >= 11 is 1.14. The molecule has 1 aromatic carbocycles. The normalized spacial score (nSPS) is 16.7. The van der Waals surface area contributed by atoms with Crippen LogP contribution < -0.4 is 0 Å². The molecule has 0 aromatic heterocycles. The number of hydrogen-bond acceptors (Lipinski definition) is 3. The van der Waals surface area contributed by atoms with Crippen LogP contribution in [-0.4, -0.2) is 12.3 Å². The second-order valence-corrected chi connectivity index (χ2v) is 4.53. The Bertz CT molecular complexity index is 479. The molecule has 2 nitrogen and oxygen atoms in total. The highest BCUT2D eigenvalue weighted by molar-refractivity contribution is 7.98. The number of carbonyl (C=O) groups excluding carboxylic acids is 1. The summed E-state index contributed by atoms with van der Waals surface area (Å²) in [6, 6.07) is 3.01. The lowest BCUT2D eigenvalue weighted by molar-refractivity contribution is 0.470. The molecule has 5 heteroatoms. The Balaban J connectivity index is 2.52. The summed E-state index contributed by atoms with van der Waals surface area (Å²) in [6.07, 6.45) is 4.23. The second-order valence-electron chi connectivity index (χ2n) is 3.68. The third-order valence-corrected chi connectivity index (χ3v) is 3.51. The minimum absolute atomic E-state index is 0.158. The molecule has 0 radical (unpaired) electrons. The van der Waals surface area contributed by atoms with E-state index in [1.807, 2.05) is 0 Å². The minimum Gasteiger partial charge on any atom is -0.211 e. The average Bonchev–Trinajstić information content (AvgIpc) is 3.03. The van der Waals surface area contributed by atoms with Crippen molar-refractivity contribution in [2.45, 2.75) is 23.3 Å². The van der Waals surface area contributed by atoms with Crippen molar-refractivity contribution in [3.05, 3.63) is 29.3 Å². The van der Waals surface area contributed by atoms with Gasteiger partial charge in [0, 0.05) is 10.5 Å². The maximum atomic E-state index is 13.7. The van der Waals surface area contributed by atoms with E-state index in [-0.39, 0.29) is 10.5 Å². The Kier molecular flexibility index (Phi) is 2.82. The van der Waals surface area contributed by atoms with Crippen LogP contribution in [0, 0.1) is 11.6 Å². The van der Waals surface area contributed by atoms with Crippen molar-refractivity contribution >= 4 is 17.8 Å². The number of isocyanates is 1. The van der Waals surface area contributed by atoms with Crippen LogP contribution >= 0.6 is 11.8 Å². The first-order valence-corrected chi connectivity index (χ1v) is 5.98. The topological polar surface area (TPSA) is 29.4 Å². The molecule has 2 rings (SSSR count). The van der Waals surface area contributed by atoms with Crippen LogP contribution in [0.1, 0.15) is 18.4 Å². The van der Waals surface area contributed by atoms with Gasteiger partial charge in [0.15, 0.2) is 11.6 Å². The van der Waals surface area contributed by atoms with Crippen LogP contribution in [0.2, 0.25) is 0 Å². The molecule has 1 aliphatic rings. The predicted molar refractivity (Wildman–Crippen MR) is 57.2 cm³/mol. The molecule has 84 valence electrons. The van der Waals surface area contributed by atoms with E-state index in [4.69, 9.17) is 0 Å². The quantitative estimate of drug-likeness (QED) is 0.462. The lowest BCUT2D eigenvalue weighted by Crippen LogP contribution is -2.07. The Morgan fingerprint density at radius 2 is 2.06 bits per heavy atom. The van der Waals surface area contributed by atoms with Gasteiger partial charge in [-0.1, -0.05) is 6.07 Å². The molecule has 0 N–H and O–H groups in total. The van der Waals surface area contributed by atoms with E-state index in [2.05, 4.69) is 4.99 Å². The molecule has 1 saturated carbocycles. The predicted octanol–water partition coefficient (Wildman–Crippen LogP) is 3.01. The highest BCUT2D eigenvalue weighted by Crippen LogP contribution is 2.50. The van der Waals surface area contributed by atoms with Crippen LogP contribution in [0.5, 0.6) is 0 Å². The zero-order valence-corrected chi connectivity index (χ0v) is 9.41. The van der Waals surface area contributed by atoms with Gasteiger partial charge in [-0.25, -0.2) is 13.6 Å². The molecular formula is C11H9F2NOS. The van der Waals surface area contributed by atoms with Crippen molar-refractivity contribution < 1.29 is 13.6 Å². The fourth-order valence-electron chi connectivity index (χ4n) is 1.70. The number of thioether (sulfide) groups is 1. The molecule has 1 aliphatic carbocycles. The Morgan fingerprint density at radius 3 is 2.56 bits per heavy atom. The summed E-state index contributed by atoms with van der Waals surface area (Å²) in [5.41, 5.74) is -0.699. The maximum absolute atomic E-state index is 13.7. The summed E-state index contributed by atoms with van der Waals surface area (Å²) in [4.78, 5) is 14.1. The Morgan fingerprint density at radius 1 is 1.38 bits per heavy atom. The zero-order valence-electron chi connectivity index (χ0n) is 8.59. The first-order valence-electron chi connectivity index (χ1n) is 4.76. The molecule has 0 heterocycles. The molecule has 1 aromatic rings.